The van der Waals surface area contributed by atoms with Crippen molar-refractivity contribution >= 4 is 5.97 Å². The molecule has 20 heavy (non-hydrogen) atoms. The first-order valence-electron chi connectivity index (χ1n) is 6.91. The van der Waals surface area contributed by atoms with Crippen LogP contribution in [0.2, 0.25) is 0 Å². The molecule has 2 atom stereocenters. The summed E-state index contributed by atoms with van der Waals surface area (Å²) in [6.07, 6.45) is 0.475. The maximum Gasteiger partial charge on any atom is 0.311 e. The molecule has 5 nitrogen and oxygen atoms in total. The molecular formula is C15H20O5. The molecule has 0 spiro atoms. The van der Waals surface area contributed by atoms with Crippen LogP contribution >= 0.6 is 0 Å². The molecule has 0 amide bonds. The van der Waals surface area contributed by atoms with E-state index in [9.17, 15) is 9.90 Å². The van der Waals surface area contributed by atoms with Crippen molar-refractivity contribution in [2.45, 2.75) is 32.8 Å². The normalized spacial score (nSPS) is 15.8. The highest BCUT2D eigenvalue weighted by Gasteiger charge is 2.29. The maximum atomic E-state index is 11.9. The van der Waals surface area contributed by atoms with Gasteiger partial charge in [-0.25, -0.2) is 0 Å². The van der Waals surface area contributed by atoms with Crippen molar-refractivity contribution in [3.8, 4) is 11.5 Å². The molecule has 1 aliphatic heterocycles. The zero-order chi connectivity index (χ0) is 14.5. The van der Waals surface area contributed by atoms with Gasteiger partial charge in [0.1, 0.15) is 0 Å². The standard InChI is InChI=1S/C15H20O5/c1-3-5-11(15(17)18-4-2)14(16)10-6-7-12-13(8-10)20-9-19-12/h6-8,11,14,16H,3-5,9H2,1-2H3. The van der Waals surface area contributed by atoms with Crippen molar-refractivity contribution in [3.05, 3.63) is 23.8 Å². The van der Waals surface area contributed by atoms with Gasteiger partial charge in [-0.05, 0) is 31.0 Å². The molecule has 0 aliphatic carbocycles. The lowest BCUT2D eigenvalue weighted by molar-refractivity contribution is -0.152. The minimum Gasteiger partial charge on any atom is -0.466 e. The zero-order valence-electron chi connectivity index (χ0n) is 11.8. The molecule has 2 rings (SSSR count). The molecular weight excluding hydrogens is 260 g/mol. The summed E-state index contributed by atoms with van der Waals surface area (Å²) in [7, 11) is 0. The van der Waals surface area contributed by atoms with Crippen molar-refractivity contribution in [3.63, 3.8) is 0 Å². The van der Waals surface area contributed by atoms with E-state index in [0.717, 1.165) is 6.42 Å². The van der Waals surface area contributed by atoms with Gasteiger partial charge in [0.25, 0.3) is 0 Å². The van der Waals surface area contributed by atoms with Gasteiger partial charge in [0, 0.05) is 0 Å². The summed E-state index contributed by atoms with van der Waals surface area (Å²) in [6.45, 7) is 4.23. The Kier molecular flexibility index (Phi) is 4.84. The molecule has 0 saturated carbocycles. The minimum atomic E-state index is -0.900. The molecule has 0 fully saturated rings. The van der Waals surface area contributed by atoms with Crippen LogP contribution in [0.1, 0.15) is 38.4 Å². The van der Waals surface area contributed by atoms with Crippen molar-refractivity contribution in [2.75, 3.05) is 13.4 Å². The predicted octanol–water partition coefficient (Wildman–Crippen LogP) is 2.43. The Labute approximate surface area is 118 Å². The van der Waals surface area contributed by atoms with E-state index in [1.54, 1.807) is 25.1 Å². The number of ether oxygens (including phenoxy) is 3. The molecule has 1 aliphatic rings. The molecule has 1 aromatic carbocycles. The van der Waals surface area contributed by atoms with Crippen molar-refractivity contribution < 1.29 is 24.1 Å². The Morgan fingerprint density at radius 1 is 1.35 bits per heavy atom. The minimum absolute atomic E-state index is 0.186. The second kappa shape index (κ2) is 6.61. The molecule has 1 N–H and O–H groups in total. The molecule has 0 aromatic heterocycles. The molecule has 1 aromatic rings. The van der Waals surface area contributed by atoms with E-state index in [2.05, 4.69) is 0 Å². The van der Waals surface area contributed by atoms with E-state index in [-0.39, 0.29) is 12.8 Å². The fraction of sp³-hybridized carbons (Fsp3) is 0.533. The highest BCUT2D eigenvalue weighted by Crippen LogP contribution is 2.36. The molecule has 0 radical (unpaired) electrons. The summed E-state index contributed by atoms with van der Waals surface area (Å²) in [5, 5.41) is 10.4. The summed E-state index contributed by atoms with van der Waals surface area (Å²) in [5.41, 5.74) is 0.640. The zero-order valence-corrected chi connectivity index (χ0v) is 11.8. The number of hydrogen-bond donors (Lipinski definition) is 1. The van der Waals surface area contributed by atoms with Crippen molar-refractivity contribution in [1.29, 1.82) is 0 Å². The molecule has 110 valence electrons. The Bertz CT molecular complexity index is 471. The third-order valence-corrected chi connectivity index (χ3v) is 3.31. The Morgan fingerprint density at radius 2 is 2.10 bits per heavy atom. The average Bonchev–Trinajstić information content (AvgIpc) is 2.91. The third kappa shape index (κ3) is 3.04. The number of rotatable bonds is 6. The monoisotopic (exact) mass is 280 g/mol. The number of aliphatic hydroxyl groups is 1. The highest BCUT2D eigenvalue weighted by atomic mass is 16.7. The second-order valence-corrected chi connectivity index (χ2v) is 4.70. The second-order valence-electron chi connectivity index (χ2n) is 4.70. The van der Waals surface area contributed by atoms with Gasteiger partial charge < -0.3 is 19.3 Å². The maximum absolute atomic E-state index is 11.9. The smallest absolute Gasteiger partial charge is 0.311 e. The van der Waals surface area contributed by atoms with Gasteiger partial charge in [0.05, 0.1) is 18.6 Å². The Morgan fingerprint density at radius 3 is 2.80 bits per heavy atom. The van der Waals surface area contributed by atoms with Crippen LogP contribution in [0.5, 0.6) is 11.5 Å². The summed E-state index contributed by atoms with van der Waals surface area (Å²) < 4.78 is 15.6. The number of benzene rings is 1. The van der Waals surface area contributed by atoms with Gasteiger partial charge in [-0.15, -0.1) is 0 Å². The fourth-order valence-electron chi connectivity index (χ4n) is 2.29. The largest absolute Gasteiger partial charge is 0.466 e. The highest BCUT2D eigenvalue weighted by molar-refractivity contribution is 5.73. The van der Waals surface area contributed by atoms with Crippen LogP contribution in [0.25, 0.3) is 0 Å². The van der Waals surface area contributed by atoms with Gasteiger partial charge >= 0.3 is 5.97 Å². The summed E-state index contributed by atoms with van der Waals surface area (Å²) >= 11 is 0. The lowest BCUT2D eigenvalue weighted by atomic mass is 9.91. The number of aliphatic hydroxyl groups excluding tert-OH is 1. The number of carbonyl (C=O) groups excluding carboxylic acids is 1. The molecule has 0 bridgehead atoms. The van der Waals surface area contributed by atoms with E-state index >= 15 is 0 Å². The number of hydrogen-bond acceptors (Lipinski definition) is 5. The first-order chi connectivity index (χ1) is 9.67. The Hall–Kier alpha value is -1.75. The van der Waals surface area contributed by atoms with Gasteiger partial charge in [-0.3, -0.25) is 4.79 Å². The van der Waals surface area contributed by atoms with Crippen LogP contribution in [-0.2, 0) is 9.53 Å². The van der Waals surface area contributed by atoms with E-state index in [1.807, 2.05) is 6.92 Å². The van der Waals surface area contributed by atoms with Gasteiger partial charge in [0.15, 0.2) is 11.5 Å². The Balaban J connectivity index is 2.18. The lowest BCUT2D eigenvalue weighted by Crippen LogP contribution is -2.24. The molecule has 2 unspecified atom stereocenters. The van der Waals surface area contributed by atoms with E-state index in [0.29, 0.717) is 30.1 Å². The number of carbonyl (C=O) groups is 1. The van der Waals surface area contributed by atoms with Crippen molar-refractivity contribution in [1.82, 2.24) is 0 Å². The predicted molar refractivity (Wildman–Crippen MR) is 72.6 cm³/mol. The van der Waals surface area contributed by atoms with E-state index in [4.69, 9.17) is 14.2 Å². The summed E-state index contributed by atoms with van der Waals surface area (Å²) in [4.78, 5) is 11.9. The van der Waals surface area contributed by atoms with Gasteiger partial charge in [-0.1, -0.05) is 19.4 Å². The van der Waals surface area contributed by atoms with Gasteiger partial charge in [0.2, 0.25) is 6.79 Å². The topological polar surface area (TPSA) is 65.0 Å². The molecule has 0 saturated heterocycles. The lowest BCUT2D eigenvalue weighted by Gasteiger charge is -2.21. The average molecular weight is 280 g/mol. The van der Waals surface area contributed by atoms with Crippen LogP contribution in [0, 0.1) is 5.92 Å². The quantitative estimate of drug-likeness (QED) is 0.811. The molecule has 5 heteroatoms. The summed E-state index contributed by atoms with van der Waals surface area (Å²) in [6, 6.07) is 5.21. The van der Waals surface area contributed by atoms with E-state index in [1.165, 1.54) is 0 Å². The number of esters is 1. The summed E-state index contributed by atoms with van der Waals surface area (Å²) in [5.74, 6) is 0.338. The van der Waals surface area contributed by atoms with Crippen LogP contribution in [-0.4, -0.2) is 24.5 Å². The first kappa shape index (κ1) is 14.7. The fourth-order valence-corrected chi connectivity index (χ4v) is 2.29. The van der Waals surface area contributed by atoms with Crippen LogP contribution < -0.4 is 9.47 Å². The van der Waals surface area contributed by atoms with Crippen LogP contribution in [0.4, 0.5) is 0 Å². The van der Waals surface area contributed by atoms with Crippen LogP contribution in [0.15, 0.2) is 18.2 Å². The van der Waals surface area contributed by atoms with Crippen LogP contribution in [0.3, 0.4) is 0 Å². The SMILES string of the molecule is CCCC(C(=O)OCC)C(O)c1ccc2c(c1)OCO2. The van der Waals surface area contributed by atoms with Crippen molar-refractivity contribution in [2.24, 2.45) is 5.92 Å². The first-order valence-corrected chi connectivity index (χ1v) is 6.91. The number of fused-ring (bicyclic) bond motifs is 1. The molecule has 1 heterocycles. The van der Waals surface area contributed by atoms with E-state index < -0.39 is 12.0 Å². The van der Waals surface area contributed by atoms with Gasteiger partial charge in [-0.2, -0.15) is 0 Å². The third-order valence-electron chi connectivity index (χ3n) is 3.31.